The number of fused-ring (bicyclic) bond motifs is 7. The first-order valence-electron chi connectivity index (χ1n) is 16.9. The van der Waals surface area contributed by atoms with Gasteiger partial charge in [-0.1, -0.05) is 140 Å². The third-order valence-electron chi connectivity index (χ3n) is 9.84. The zero-order valence-electron chi connectivity index (χ0n) is 27.0. The fourth-order valence-electron chi connectivity index (χ4n) is 7.62. The van der Waals surface area contributed by atoms with E-state index in [0.29, 0.717) is 17.5 Å². The highest BCUT2D eigenvalue weighted by molar-refractivity contribution is 5.93. The van der Waals surface area contributed by atoms with Gasteiger partial charge < -0.3 is 9.30 Å². The van der Waals surface area contributed by atoms with Crippen LogP contribution in [0.15, 0.2) is 164 Å². The average molecular weight is 643 g/mol. The van der Waals surface area contributed by atoms with Gasteiger partial charge in [-0.25, -0.2) is 15.0 Å². The second kappa shape index (κ2) is 11.5. The Morgan fingerprint density at radius 3 is 1.68 bits per heavy atom. The monoisotopic (exact) mass is 642 g/mol. The summed E-state index contributed by atoms with van der Waals surface area (Å²) < 4.78 is 9.62. The summed E-state index contributed by atoms with van der Waals surface area (Å²) in [6.07, 6.45) is 4.38. The van der Waals surface area contributed by atoms with Gasteiger partial charge in [0.2, 0.25) is 0 Å². The van der Waals surface area contributed by atoms with Crippen LogP contribution in [-0.4, -0.2) is 19.5 Å². The van der Waals surface area contributed by atoms with Crippen molar-refractivity contribution in [3.8, 4) is 56.7 Å². The Morgan fingerprint density at radius 1 is 0.480 bits per heavy atom. The second-order valence-corrected chi connectivity index (χ2v) is 12.7. The molecule has 236 valence electrons. The molecule has 5 nitrogen and oxygen atoms in total. The molecule has 0 radical (unpaired) electrons. The zero-order valence-corrected chi connectivity index (χ0v) is 27.0. The SMILES string of the molecule is C1=CC2c3c(-c4ccccc4)ccc(-c4nc(-c5ccccc5)nc(-c5ccccc5)n4)c3OC2c2c1n(-c1ccccc1)c1ccccc21. The summed E-state index contributed by atoms with van der Waals surface area (Å²) in [5.74, 6) is 2.65. The molecule has 2 aromatic heterocycles. The molecule has 0 fully saturated rings. The molecular formula is C45H30N4O. The van der Waals surface area contributed by atoms with Crippen molar-refractivity contribution in [2.45, 2.75) is 12.0 Å². The molecule has 5 heteroatoms. The lowest BCUT2D eigenvalue weighted by Gasteiger charge is -2.23. The van der Waals surface area contributed by atoms with Crippen molar-refractivity contribution in [3.63, 3.8) is 0 Å². The molecule has 3 heterocycles. The molecule has 2 unspecified atom stereocenters. The Kier molecular flexibility index (Phi) is 6.56. The molecule has 2 aliphatic rings. The van der Waals surface area contributed by atoms with Crippen molar-refractivity contribution in [2.24, 2.45) is 0 Å². The molecule has 1 aliphatic carbocycles. The minimum absolute atomic E-state index is 0.00768. The Balaban J connectivity index is 1.21. The number of hydrogen-bond acceptors (Lipinski definition) is 4. The lowest BCUT2D eigenvalue weighted by atomic mass is 9.82. The van der Waals surface area contributed by atoms with E-state index in [2.05, 4.69) is 114 Å². The standard InChI is InChI=1S/C45H30N4O/c1-5-15-29(16-6-1)33-25-26-36(45-47-43(30-17-7-2-8-18-30)46-44(48-45)31-19-9-3-10-20-31)42-39(33)35-27-28-38-40(41(35)50-42)34-23-13-14-24-37(34)49(38)32-21-11-4-12-22-32/h1-28,35,41H. The Labute approximate surface area is 289 Å². The van der Waals surface area contributed by atoms with E-state index in [4.69, 9.17) is 19.7 Å². The van der Waals surface area contributed by atoms with E-state index in [1.807, 2.05) is 60.7 Å². The number of ether oxygens (including phenoxy) is 1. The summed E-state index contributed by atoms with van der Waals surface area (Å²) >= 11 is 0. The molecule has 0 bridgehead atoms. The molecule has 0 amide bonds. The van der Waals surface area contributed by atoms with E-state index in [9.17, 15) is 0 Å². The van der Waals surface area contributed by atoms with E-state index >= 15 is 0 Å². The molecule has 50 heavy (non-hydrogen) atoms. The van der Waals surface area contributed by atoms with Gasteiger partial charge in [0, 0.05) is 39.2 Å². The van der Waals surface area contributed by atoms with Gasteiger partial charge in [0.25, 0.3) is 0 Å². The summed E-state index contributed by atoms with van der Waals surface area (Å²) in [7, 11) is 0. The van der Waals surface area contributed by atoms with Crippen LogP contribution in [0, 0.1) is 0 Å². The quantitative estimate of drug-likeness (QED) is 0.187. The number of rotatable bonds is 5. The van der Waals surface area contributed by atoms with Crippen LogP contribution in [0.1, 0.15) is 28.8 Å². The molecule has 0 saturated heterocycles. The highest BCUT2D eigenvalue weighted by Gasteiger charge is 2.43. The summed E-state index contributed by atoms with van der Waals surface area (Å²) in [6, 6.07) is 54.4. The molecule has 8 aromatic rings. The van der Waals surface area contributed by atoms with Gasteiger partial charge in [-0.2, -0.15) is 0 Å². The van der Waals surface area contributed by atoms with Crippen molar-refractivity contribution in [2.75, 3.05) is 0 Å². The molecule has 0 N–H and O–H groups in total. The van der Waals surface area contributed by atoms with Gasteiger partial charge in [-0.3, -0.25) is 0 Å². The second-order valence-electron chi connectivity index (χ2n) is 12.7. The van der Waals surface area contributed by atoms with Crippen molar-refractivity contribution in [1.82, 2.24) is 19.5 Å². The lowest BCUT2D eigenvalue weighted by Crippen LogP contribution is -2.13. The van der Waals surface area contributed by atoms with Crippen molar-refractivity contribution >= 4 is 17.0 Å². The van der Waals surface area contributed by atoms with Crippen LogP contribution in [0.4, 0.5) is 0 Å². The summed E-state index contributed by atoms with van der Waals surface area (Å²) in [5, 5.41) is 1.19. The van der Waals surface area contributed by atoms with Crippen LogP contribution in [-0.2, 0) is 0 Å². The van der Waals surface area contributed by atoms with Crippen molar-refractivity contribution in [1.29, 1.82) is 0 Å². The average Bonchev–Trinajstić information content (AvgIpc) is 3.75. The van der Waals surface area contributed by atoms with Crippen LogP contribution in [0.25, 0.3) is 68.0 Å². The summed E-state index contributed by atoms with van der Waals surface area (Å²) in [4.78, 5) is 15.2. The first-order chi connectivity index (χ1) is 24.8. The maximum Gasteiger partial charge on any atom is 0.167 e. The Hall–Kier alpha value is -6.59. The highest BCUT2D eigenvalue weighted by Crippen LogP contribution is 2.57. The first-order valence-corrected chi connectivity index (χ1v) is 16.9. The molecule has 1 aliphatic heterocycles. The van der Waals surface area contributed by atoms with Crippen LogP contribution in [0.5, 0.6) is 5.75 Å². The number of hydrogen-bond donors (Lipinski definition) is 0. The predicted octanol–water partition coefficient (Wildman–Crippen LogP) is 10.7. The molecule has 6 aromatic carbocycles. The summed E-state index contributed by atoms with van der Waals surface area (Å²) in [6.45, 7) is 0. The first kappa shape index (κ1) is 28.4. The predicted molar refractivity (Wildman–Crippen MR) is 200 cm³/mol. The maximum absolute atomic E-state index is 7.27. The highest BCUT2D eigenvalue weighted by atomic mass is 16.5. The van der Waals surface area contributed by atoms with Crippen molar-refractivity contribution < 1.29 is 4.74 Å². The fraction of sp³-hybridized carbons (Fsp3) is 0.0444. The van der Waals surface area contributed by atoms with Crippen LogP contribution in [0.3, 0.4) is 0 Å². The van der Waals surface area contributed by atoms with Gasteiger partial charge in [0.05, 0.1) is 16.8 Å². The number of benzene rings is 6. The van der Waals surface area contributed by atoms with Crippen LogP contribution in [0.2, 0.25) is 0 Å². The molecular weight excluding hydrogens is 613 g/mol. The molecule has 0 spiro atoms. The van der Waals surface area contributed by atoms with E-state index in [1.54, 1.807) is 0 Å². The van der Waals surface area contributed by atoms with Gasteiger partial charge in [0.15, 0.2) is 17.5 Å². The third-order valence-corrected chi connectivity index (χ3v) is 9.84. The Bertz CT molecular complexity index is 2500. The number of aromatic nitrogens is 4. The van der Waals surface area contributed by atoms with Gasteiger partial charge in [-0.15, -0.1) is 0 Å². The van der Waals surface area contributed by atoms with Gasteiger partial charge in [0.1, 0.15) is 11.9 Å². The molecule has 2 atom stereocenters. The molecule has 10 rings (SSSR count). The maximum atomic E-state index is 7.27. The lowest BCUT2D eigenvalue weighted by molar-refractivity contribution is 0.225. The minimum atomic E-state index is -0.229. The smallest absolute Gasteiger partial charge is 0.167 e. The topological polar surface area (TPSA) is 52.8 Å². The van der Waals surface area contributed by atoms with Crippen LogP contribution < -0.4 is 4.74 Å². The van der Waals surface area contributed by atoms with Crippen molar-refractivity contribution in [3.05, 3.63) is 181 Å². The largest absolute Gasteiger partial charge is 0.484 e. The van der Waals surface area contributed by atoms with E-state index in [0.717, 1.165) is 56.0 Å². The normalized spacial score (nSPS) is 15.7. The third kappa shape index (κ3) is 4.51. The minimum Gasteiger partial charge on any atom is -0.484 e. The van der Waals surface area contributed by atoms with Gasteiger partial charge >= 0.3 is 0 Å². The van der Waals surface area contributed by atoms with E-state index < -0.39 is 0 Å². The molecule has 0 saturated carbocycles. The fourth-order valence-corrected chi connectivity index (χ4v) is 7.62. The van der Waals surface area contributed by atoms with E-state index in [1.165, 1.54) is 10.9 Å². The Morgan fingerprint density at radius 2 is 1.02 bits per heavy atom. The zero-order chi connectivity index (χ0) is 33.0. The van der Waals surface area contributed by atoms with Crippen LogP contribution >= 0.6 is 0 Å². The number of nitrogens with zero attached hydrogens (tertiary/aromatic N) is 4. The van der Waals surface area contributed by atoms with E-state index in [-0.39, 0.29) is 12.0 Å². The number of para-hydroxylation sites is 2. The summed E-state index contributed by atoms with van der Waals surface area (Å²) in [5.41, 5.74) is 10.8. The van der Waals surface area contributed by atoms with Gasteiger partial charge in [-0.05, 0) is 41.5 Å².